The van der Waals surface area contributed by atoms with Crippen molar-refractivity contribution in [3.8, 4) is 0 Å². The first-order valence-electron chi connectivity index (χ1n) is 6.10. The van der Waals surface area contributed by atoms with Crippen LogP contribution in [0.4, 0.5) is 0 Å². The van der Waals surface area contributed by atoms with Crippen LogP contribution in [0.2, 0.25) is 0 Å². The van der Waals surface area contributed by atoms with E-state index in [4.69, 9.17) is 5.73 Å². The molecule has 0 aliphatic heterocycles. The van der Waals surface area contributed by atoms with Crippen LogP contribution in [0.5, 0.6) is 0 Å². The molecule has 0 saturated carbocycles. The van der Waals surface area contributed by atoms with E-state index in [1.165, 1.54) is 10.9 Å². The van der Waals surface area contributed by atoms with Crippen LogP contribution in [0.15, 0.2) is 30.5 Å². The van der Waals surface area contributed by atoms with Gasteiger partial charge in [0.15, 0.2) is 0 Å². The third kappa shape index (κ3) is 2.38. The number of carbonyl (C=O) groups is 1. The Balaban J connectivity index is 2.41. The van der Waals surface area contributed by atoms with E-state index in [-0.39, 0.29) is 5.91 Å². The largest absolute Gasteiger partial charge is 0.347 e. The van der Waals surface area contributed by atoms with Crippen molar-refractivity contribution in [3.63, 3.8) is 0 Å². The fourth-order valence-corrected chi connectivity index (χ4v) is 2.10. The molecule has 4 nitrogen and oxygen atoms in total. The summed E-state index contributed by atoms with van der Waals surface area (Å²) in [6.07, 6.45) is 2.88. The summed E-state index contributed by atoms with van der Waals surface area (Å²) in [4.78, 5) is 13.4. The lowest BCUT2D eigenvalue weighted by molar-refractivity contribution is -0.129. The summed E-state index contributed by atoms with van der Waals surface area (Å²) in [5.74, 6) is 0.0926. The van der Waals surface area contributed by atoms with Crippen molar-refractivity contribution in [3.05, 3.63) is 36.0 Å². The number of rotatable bonds is 4. The average molecular weight is 245 g/mol. The average Bonchev–Trinajstić information content (AvgIpc) is 2.69. The molecule has 4 heteroatoms. The predicted octanol–water partition coefficient (Wildman–Crippen LogP) is 1.23. The summed E-state index contributed by atoms with van der Waals surface area (Å²) in [6, 6.07) is 8.13. The predicted molar refractivity (Wildman–Crippen MR) is 73.4 cm³/mol. The second kappa shape index (κ2) is 5.23. The molecule has 0 fully saturated rings. The summed E-state index contributed by atoms with van der Waals surface area (Å²) in [6.45, 7) is 0.994. The number of aromatic nitrogens is 1. The van der Waals surface area contributed by atoms with Gasteiger partial charge in [-0.2, -0.15) is 0 Å². The molecule has 2 aromatic rings. The molecule has 0 atom stereocenters. The van der Waals surface area contributed by atoms with Crippen LogP contribution >= 0.6 is 0 Å². The number of hydrogen-bond acceptors (Lipinski definition) is 2. The summed E-state index contributed by atoms with van der Waals surface area (Å²) < 4.78 is 2.00. The Kier molecular flexibility index (Phi) is 3.67. The Morgan fingerprint density at radius 3 is 2.72 bits per heavy atom. The van der Waals surface area contributed by atoms with Gasteiger partial charge in [-0.3, -0.25) is 4.79 Å². The Labute approximate surface area is 107 Å². The van der Waals surface area contributed by atoms with Gasteiger partial charge in [-0.15, -0.1) is 0 Å². The maximum atomic E-state index is 11.8. The zero-order chi connectivity index (χ0) is 13.1. The van der Waals surface area contributed by atoms with Crippen molar-refractivity contribution in [1.82, 2.24) is 9.47 Å². The third-order valence-electron chi connectivity index (χ3n) is 3.09. The number of likely N-dealkylation sites (N-methyl/N-ethyl adjacent to an activating group) is 1. The van der Waals surface area contributed by atoms with Gasteiger partial charge in [0.2, 0.25) is 5.91 Å². The van der Waals surface area contributed by atoms with E-state index in [1.807, 2.05) is 29.0 Å². The van der Waals surface area contributed by atoms with Gasteiger partial charge in [-0.25, -0.2) is 0 Å². The molecule has 1 aromatic heterocycles. The lowest BCUT2D eigenvalue weighted by Crippen LogP contribution is -2.25. The van der Waals surface area contributed by atoms with Gasteiger partial charge >= 0.3 is 0 Å². The van der Waals surface area contributed by atoms with E-state index in [1.54, 1.807) is 19.0 Å². The molecule has 0 saturated heterocycles. The molecule has 1 aromatic carbocycles. The zero-order valence-electron chi connectivity index (χ0n) is 10.9. The van der Waals surface area contributed by atoms with Gasteiger partial charge in [0.1, 0.15) is 6.54 Å². The highest BCUT2D eigenvalue weighted by Gasteiger charge is 2.11. The summed E-state index contributed by atoms with van der Waals surface area (Å²) in [7, 11) is 3.55. The molecule has 1 heterocycles. The van der Waals surface area contributed by atoms with E-state index >= 15 is 0 Å². The molecule has 0 unspecified atom stereocenters. The number of hydrogen-bond donors (Lipinski definition) is 1. The van der Waals surface area contributed by atoms with Crippen LogP contribution in [0.1, 0.15) is 5.56 Å². The minimum Gasteiger partial charge on any atom is -0.347 e. The smallest absolute Gasteiger partial charge is 0.241 e. The van der Waals surface area contributed by atoms with E-state index in [9.17, 15) is 4.79 Å². The lowest BCUT2D eigenvalue weighted by atomic mass is 10.1. The molecule has 2 N–H and O–H groups in total. The van der Waals surface area contributed by atoms with Crippen LogP contribution < -0.4 is 5.73 Å². The molecule has 2 rings (SSSR count). The third-order valence-corrected chi connectivity index (χ3v) is 3.09. The van der Waals surface area contributed by atoms with E-state index in [0.717, 1.165) is 11.9 Å². The first-order chi connectivity index (χ1) is 8.63. The normalized spacial score (nSPS) is 10.8. The van der Waals surface area contributed by atoms with Crippen molar-refractivity contribution < 1.29 is 4.79 Å². The molecule has 0 aliphatic rings. The zero-order valence-corrected chi connectivity index (χ0v) is 10.9. The second-order valence-electron chi connectivity index (χ2n) is 4.63. The summed E-state index contributed by atoms with van der Waals surface area (Å²) in [5.41, 5.74) is 7.93. The lowest BCUT2D eigenvalue weighted by Gasteiger charge is -2.11. The Morgan fingerprint density at radius 1 is 1.33 bits per heavy atom. The number of benzene rings is 1. The van der Waals surface area contributed by atoms with Crippen molar-refractivity contribution in [1.29, 1.82) is 0 Å². The number of fused-ring (bicyclic) bond motifs is 1. The van der Waals surface area contributed by atoms with Gasteiger partial charge < -0.3 is 15.2 Å². The molecular weight excluding hydrogens is 226 g/mol. The Morgan fingerprint density at radius 2 is 2.06 bits per heavy atom. The first kappa shape index (κ1) is 12.6. The van der Waals surface area contributed by atoms with Gasteiger partial charge in [-0.1, -0.05) is 18.2 Å². The minimum atomic E-state index is 0.0926. The molecule has 18 heavy (non-hydrogen) atoms. The molecular formula is C14H19N3O. The summed E-state index contributed by atoms with van der Waals surface area (Å²) in [5, 5.41) is 1.19. The van der Waals surface area contributed by atoms with E-state index in [2.05, 4.69) is 6.07 Å². The molecule has 0 bridgehead atoms. The topological polar surface area (TPSA) is 51.3 Å². The van der Waals surface area contributed by atoms with E-state index < -0.39 is 0 Å². The quantitative estimate of drug-likeness (QED) is 0.881. The molecule has 0 aliphatic carbocycles. The van der Waals surface area contributed by atoms with Gasteiger partial charge in [0.25, 0.3) is 0 Å². The van der Waals surface area contributed by atoms with Crippen molar-refractivity contribution in [2.75, 3.05) is 20.6 Å². The van der Waals surface area contributed by atoms with Crippen molar-refractivity contribution in [2.45, 2.75) is 13.0 Å². The minimum absolute atomic E-state index is 0.0926. The van der Waals surface area contributed by atoms with E-state index in [0.29, 0.717) is 13.1 Å². The maximum absolute atomic E-state index is 11.8. The highest BCUT2D eigenvalue weighted by atomic mass is 16.2. The van der Waals surface area contributed by atoms with Crippen molar-refractivity contribution >= 4 is 16.8 Å². The molecule has 0 radical (unpaired) electrons. The number of carbonyl (C=O) groups excluding carboxylic acids is 1. The first-order valence-corrected chi connectivity index (χ1v) is 6.10. The molecule has 96 valence electrons. The van der Waals surface area contributed by atoms with Crippen LogP contribution in [0.3, 0.4) is 0 Å². The van der Waals surface area contributed by atoms with Gasteiger partial charge in [0.05, 0.1) is 0 Å². The Bertz CT molecular complexity index is 557. The second-order valence-corrected chi connectivity index (χ2v) is 4.63. The monoisotopic (exact) mass is 245 g/mol. The van der Waals surface area contributed by atoms with Gasteiger partial charge in [0, 0.05) is 31.2 Å². The fourth-order valence-electron chi connectivity index (χ4n) is 2.10. The molecule has 1 amide bonds. The highest BCUT2D eigenvalue weighted by molar-refractivity contribution is 5.86. The fraction of sp³-hybridized carbons (Fsp3) is 0.357. The van der Waals surface area contributed by atoms with Crippen LogP contribution in [-0.4, -0.2) is 36.0 Å². The maximum Gasteiger partial charge on any atom is 0.241 e. The summed E-state index contributed by atoms with van der Waals surface area (Å²) >= 11 is 0. The van der Waals surface area contributed by atoms with Gasteiger partial charge in [-0.05, 0) is 24.6 Å². The number of amides is 1. The highest BCUT2D eigenvalue weighted by Crippen LogP contribution is 2.21. The number of nitrogens with two attached hydrogens (primary N) is 1. The Hall–Kier alpha value is -1.81. The standard InChI is InChI=1S/C14H19N3O/c1-16(2)14(18)10-17-9-11(7-8-15)12-5-3-4-6-13(12)17/h3-6,9H,7-8,10,15H2,1-2H3. The SMILES string of the molecule is CN(C)C(=O)Cn1cc(CCN)c2ccccc21. The van der Waals surface area contributed by atoms with Crippen LogP contribution in [-0.2, 0) is 17.8 Å². The van der Waals surface area contributed by atoms with Crippen LogP contribution in [0.25, 0.3) is 10.9 Å². The number of para-hydroxylation sites is 1. The van der Waals surface area contributed by atoms with Crippen LogP contribution in [0, 0.1) is 0 Å². The number of nitrogens with zero attached hydrogens (tertiary/aromatic N) is 2. The molecule has 0 spiro atoms. The van der Waals surface area contributed by atoms with Crippen molar-refractivity contribution in [2.24, 2.45) is 5.73 Å².